The first-order chi connectivity index (χ1) is 13.1. The normalized spacial score (nSPS) is 14.8. The average Bonchev–Trinajstić information content (AvgIpc) is 2.90. The number of nitrogens with two attached hydrogens (primary N) is 1. The molecule has 3 rings (SSSR count). The molecule has 2 aromatic rings. The highest BCUT2D eigenvalue weighted by molar-refractivity contribution is 14.0. The second-order valence-electron chi connectivity index (χ2n) is 6.87. The van der Waals surface area contributed by atoms with Gasteiger partial charge in [-0.25, -0.2) is 0 Å². The third-order valence-electron chi connectivity index (χ3n) is 4.54. The molecule has 3 N–H and O–H groups in total. The van der Waals surface area contributed by atoms with Crippen molar-refractivity contribution in [2.75, 3.05) is 39.2 Å². The van der Waals surface area contributed by atoms with Gasteiger partial charge in [0.2, 0.25) is 0 Å². The predicted octanol–water partition coefficient (Wildman–Crippen LogP) is 3.37. The smallest absolute Gasteiger partial charge is 0.193 e. The lowest BCUT2D eigenvalue weighted by Crippen LogP contribution is -2.34. The molecule has 6 nitrogen and oxygen atoms in total. The largest absolute Gasteiger partial charge is 0.490 e. The van der Waals surface area contributed by atoms with Gasteiger partial charge in [0.15, 0.2) is 17.5 Å². The van der Waals surface area contributed by atoms with E-state index < -0.39 is 0 Å². The van der Waals surface area contributed by atoms with E-state index in [-0.39, 0.29) is 30.0 Å². The van der Waals surface area contributed by atoms with Gasteiger partial charge in [-0.3, -0.25) is 4.99 Å². The fourth-order valence-electron chi connectivity index (χ4n) is 2.93. The summed E-state index contributed by atoms with van der Waals surface area (Å²) < 4.78 is 11.4. The maximum absolute atomic E-state index is 6.10. The van der Waals surface area contributed by atoms with E-state index in [2.05, 4.69) is 53.6 Å². The number of likely N-dealkylation sites (N-methyl/N-ethyl adjacent to an activating group) is 1. The zero-order chi connectivity index (χ0) is 19.1. The van der Waals surface area contributed by atoms with E-state index in [1.54, 1.807) is 0 Å². The fourth-order valence-corrected chi connectivity index (χ4v) is 2.93. The molecule has 0 spiro atoms. The van der Waals surface area contributed by atoms with Crippen LogP contribution < -0.4 is 20.5 Å². The molecule has 0 bridgehead atoms. The molecule has 7 heteroatoms. The van der Waals surface area contributed by atoms with Crippen LogP contribution in [0.25, 0.3) is 0 Å². The first-order valence-corrected chi connectivity index (χ1v) is 9.29. The minimum Gasteiger partial charge on any atom is -0.490 e. The topological polar surface area (TPSA) is 72.1 Å². The van der Waals surface area contributed by atoms with Crippen LogP contribution in [0, 0.1) is 0 Å². The Kier molecular flexibility index (Phi) is 8.85. The highest BCUT2D eigenvalue weighted by Crippen LogP contribution is 2.32. The number of benzene rings is 2. The number of aliphatic imine (C=N–C) groups is 1. The SMILES string of the molecule is CN(C)C(CN=C(N)Nc1ccc2c(c1)OCCCO2)Cc1ccccc1.I. The van der Waals surface area contributed by atoms with E-state index in [0.717, 1.165) is 30.0 Å². The van der Waals surface area contributed by atoms with Gasteiger partial charge in [0.1, 0.15) is 0 Å². The van der Waals surface area contributed by atoms with Crippen LogP contribution in [0.5, 0.6) is 11.5 Å². The van der Waals surface area contributed by atoms with Crippen LogP contribution in [0.3, 0.4) is 0 Å². The van der Waals surface area contributed by atoms with Crippen LogP contribution in [0.1, 0.15) is 12.0 Å². The van der Waals surface area contributed by atoms with Gasteiger partial charge >= 0.3 is 0 Å². The monoisotopic (exact) mass is 496 g/mol. The molecule has 0 radical (unpaired) electrons. The molecule has 0 aliphatic carbocycles. The van der Waals surface area contributed by atoms with Crippen molar-refractivity contribution in [3.63, 3.8) is 0 Å². The van der Waals surface area contributed by atoms with E-state index in [4.69, 9.17) is 15.2 Å². The van der Waals surface area contributed by atoms with E-state index >= 15 is 0 Å². The van der Waals surface area contributed by atoms with Gasteiger partial charge in [-0.15, -0.1) is 24.0 Å². The minimum absolute atomic E-state index is 0. The summed E-state index contributed by atoms with van der Waals surface area (Å²) in [6.07, 6.45) is 1.81. The molecule has 1 unspecified atom stereocenters. The molecule has 1 aliphatic rings. The summed E-state index contributed by atoms with van der Waals surface area (Å²) in [4.78, 5) is 6.72. The number of hydrogen-bond donors (Lipinski definition) is 2. The number of nitrogens with one attached hydrogen (secondary N) is 1. The van der Waals surface area contributed by atoms with Crippen molar-refractivity contribution in [3.8, 4) is 11.5 Å². The predicted molar refractivity (Wildman–Crippen MR) is 125 cm³/mol. The molecule has 0 fully saturated rings. The minimum atomic E-state index is 0. The quantitative estimate of drug-likeness (QED) is 0.365. The lowest BCUT2D eigenvalue weighted by Gasteiger charge is -2.23. The van der Waals surface area contributed by atoms with Crippen molar-refractivity contribution >= 4 is 35.6 Å². The van der Waals surface area contributed by atoms with Crippen molar-refractivity contribution in [2.45, 2.75) is 18.9 Å². The van der Waals surface area contributed by atoms with Gasteiger partial charge in [0.05, 0.1) is 19.8 Å². The zero-order valence-electron chi connectivity index (χ0n) is 16.4. The van der Waals surface area contributed by atoms with Gasteiger partial charge in [-0.2, -0.15) is 0 Å². The molecule has 28 heavy (non-hydrogen) atoms. The van der Waals surface area contributed by atoms with Gasteiger partial charge in [0, 0.05) is 24.2 Å². The Morgan fingerprint density at radius 3 is 2.54 bits per heavy atom. The molecular weight excluding hydrogens is 467 g/mol. The van der Waals surface area contributed by atoms with Crippen molar-refractivity contribution in [1.29, 1.82) is 0 Å². The molecule has 0 amide bonds. The van der Waals surface area contributed by atoms with Crippen molar-refractivity contribution in [3.05, 3.63) is 54.1 Å². The summed E-state index contributed by atoms with van der Waals surface area (Å²) in [6, 6.07) is 16.4. The summed E-state index contributed by atoms with van der Waals surface area (Å²) in [5.74, 6) is 1.90. The molecule has 1 heterocycles. The number of rotatable bonds is 6. The van der Waals surface area contributed by atoms with Crippen molar-refractivity contribution in [2.24, 2.45) is 10.7 Å². The second-order valence-corrected chi connectivity index (χ2v) is 6.87. The molecule has 152 valence electrons. The maximum atomic E-state index is 6.10. The Balaban J connectivity index is 0.00000280. The Bertz CT molecular complexity index is 768. The fraction of sp³-hybridized carbons (Fsp3) is 0.381. The van der Waals surface area contributed by atoms with Crippen molar-refractivity contribution < 1.29 is 9.47 Å². The third kappa shape index (κ3) is 6.56. The average molecular weight is 496 g/mol. The lowest BCUT2D eigenvalue weighted by atomic mass is 10.1. The highest BCUT2D eigenvalue weighted by Gasteiger charge is 2.13. The Labute approximate surface area is 184 Å². The molecule has 1 aliphatic heterocycles. The number of anilines is 1. The van der Waals surface area contributed by atoms with Crippen LogP contribution in [0.4, 0.5) is 5.69 Å². The van der Waals surface area contributed by atoms with E-state index in [1.807, 2.05) is 24.3 Å². The molecule has 1 atom stereocenters. The number of guanidine groups is 1. The Morgan fingerprint density at radius 1 is 1.11 bits per heavy atom. The summed E-state index contributed by atoms with van der Waals surface area (Å²) in [5, 5.41) is 3.14. The summed E-state index contributed by atoms with van der Waals surface area (Å²) in [5.41, 5.74) is 8.23. The van der Waals surface area contributed by atoms with E-state index in [0.29, 0.717) is 25.7 Å². The van der Waals surface area contributed by atoms with E-state index in [9.17, 15) is 0 Å². The summed E-state index contributed by atoms with van der Waals surface area (Å²) in [7, 11) is 4.13. The van der Waals surface area contributed by atoms with E-state index in [1.165, 1.54) is 5.56 Å². The first kappa shape index (κ1) is 22.3. The van der Waals surface area contributed by atoms with Crippen LogP contribution in [0.15, 0.2) is 53.5 Å². The Hall–Kier alpha value is -2.00. The standard InChI is InChI=1S/C21H28N4O2.HI/c1-25(2)18(13-16-7-4-3-5-8-16)15-23-21(22)24-17-9-10-19-20(14-17)27-12-6-11-26-19;/h3-5,7-10,14,18H,6,11-13,15H2,1-2H3,(H3,22,23,24);1H. The number of hydrogen-bond acceptors (Lipinski definition) is 4. The molecule has 2 aromatic carbocycles. The third-order valence-corrected chi connectivity index (χ3v) is 4.54. The van der Waals surface area contributed by atoms with Gasteiger partial charge < -0.3 is 25.4 Å². The number of ether oxygens (including phenoxy) is 2. The number of fused-ring (bicyclic) bond motifs is 1. The molecular formula is C21H29IN4O2. The molecule has 0 saturated heterocycles. The van der Waals surface area contributed by atoms with Crippen LogP contribution in [-0.2, 0) is 6.42 Å². The van der Waals surface area contributed by atoms with Gasteiger partial charge in [-0.1, -0.05) is 30.3 Å². The zero-order valence-corrected chi connectivity index (χ0v) is 18.8. The van der Waals surface area contributed by atoms with Crippen LogP contribution in [0.2, 0.25) is 0 Å². The molecule has 0 saturated carbocycles. The number of nitrogens with zero attached hydrogens (tertiary/aromatic N) is 2. The summed E-state index contributed by atoms with van der Waals surface area (Å²) in [6.45, 7) is 1.95. The molecule has 0 aromatic heterocycles. The first-order valence-electron chi connectivity index (χ1n) is 9.29. The Morgan fingerprint density at radius 2 is 1.82 bits per heavy atom. The summed E-state index contributed by atoms with van der Waals surface area (Å²) >= 11 is 0. The van der Waals surface area contributed by atoms with Crippen LogP contribution in [-0.4, -0.2) is 50.8 Å². The van der Waals surface area contributed by atoms with Gasteiger partial charge in [0.25, 0.3) is 0 Å². The lowest BCUT2D eigenvalue weighted by molar-refractivity contribution is 0.297. The number of halogens is 1. The van der Waals surface area contributed by atoms with Crippen LogP contribution >= 0.6 is 24.0 Å². The second kappa shape index (κ2) is 11.1. The van der Waals surface area contributed by atoms with Crippen molar-refractivity contribution in [1.82, 2.24) is 4.90 Å². The highest BCUT2D eigenvalue weighted by atomic mass is 127. The van der Waals surface area contributed by atoms with Gasteiger partial charge in [-0.05, 0) is 38.2 Å². The maximum Gasteiger partial charge on any atom is 0.193 e.